The molecule has 0 unspecified atom stereocenters. The molecule has 0 aliphatic heterocycles. The summed E-state index contributed by atoms with van der Waals surface area (Å²) in [6.07, 6.45) is 35.2. The molecule has 0 fully saturated rings. The van der Waals surface area contributed by atoms with E-state index in [0.29, 0.717) is 0 Å². The van der Waals surface area contributed by atoms with Gasteiger partial charge in [0.2, 0.25) is 0 Å². The van der Waals surface area contributed by atoms with Gasteiger partial charge in [-0.2, -0.15) is 0 Å². The van der Waals surface area contributed by atoms with Crippen LogP contribution in [0.4, 0.5) is 0 Å². The predicted octanol–water partition coefficient (Wildman–Crippen LogP) is 10.4. The highest BCUT2D eigenvalue weighted by Gasteiger charge is 2.07. The summed E-state index contributed by atoms with van der Waals surface area (Å²) in [7, 11) is 0. The molecule has 0 bridgehead atoms. The fourth-order valence-corrected chi connectivity index (χ4v) is 5.68. The molecule has 0 radical (unpaired) electrons. The van der Waals surface area contributed by atoms with Crippen molar-refractivity contribution in [2.75, 3.05) is 45.8 Å². The van der Waals surface area contributed by atoms with Gasteiger partial charge in [-0.3, -0.25) is 0 Å². The first kappa shape index (κ1) is 37.9. The maximum Gasteiger partial charge on any atom is -0.000672 e. The van der Waals surface area contributed by atoms with Crippen molar-refractivity contribution in [2.45, 2.75) is 181 Å². The van der Waals surface area contributed by atoms with E-state index in [4.69, 9.17) is 5.73 Å². The van der Waals surface area contributed by atoms with E-state index in [1.54, 1.807) is 0 Å². The quantitative estimate of drug-likeness (QED) is 0.0845. The summed E-state index contributed by atoms with van der Waals surface area (Å²) >= 11 is 0. The average Bonchev–Trinajstić information content (AvgIpc) is 2.93. The lowest BCUT2D eigenvalue weighted by atomic mass is 10.1. The summed E-state index contributed by atoms with van der Waals surface area (Å²) in [6.45, 7) is 15.5. The Morgan fingerprint density at radius 2 is 0.526 bits per heavy atom. The van der Waals surface area contributed by atoms with Gasteiger partial charge in [-0.1, -0.05) is 143 Å². The summed E-state index contributed by atoms with van der Waals surface area (Å²) in [4.78, 5) is 5.50. The second kappa shape index (κ2) is 33.1. The van der Waals surface area contributed by atoms with Crippen LogP contribution in [0.25, 0.3) is 0 Å². The zero-order valence-electron chi connectivity index (χ0n) is 27.1. The van der Waals surface area contributed by atoms with Crippen LogP contribution in [0.3, 0.4) is 0 Å². The van der Waals surface area contributed by atoms with Crippen LogP contribution in [-0.2, 0) is 0 Å². The van der Waals surface area contributed by atoms with E-state index in [1.165, 1.54) is 193 Å². The Bertz CT molecular complexity index is 376. The minimum atomic E-state index is 0.832. The SMILES string of the molecule is CCCCCCCCCCCCN(CCCC)CCCCN(CCCN)CCCCCCCCCCCC. The lowest BCUT2D eigenvalue weighted by molar-refractivity contribution is 0.232. The van der Waals surface area contributed by atoms with Gasteiger partial charge in [0, 0.05) is 0 Å². The van der Waals surface area contributed by atoms with Gasteiger partial charge >= 0.3 is 0 Å². The van der Waals surface area contributed by atoms with Crippen molar-refractivity contribution >= 4 is 0 Å². The van der Waals surface area contributed by atoms with Crippen LogP contribution in [-0.4, -0.2) is 55.6 Å². The van der Waals surface area contributed by atoms with E-state index in [2.05, 4.69) is 30.6 Å². The number of hydrogen-bond acceptors (Lipinski definition) is 3. The lowest BCUT2D eigenvalue weighted by Crippen LogP contribution is -2.30. The number of nitrogens with zero attached hydrogens (tertiary/aromatic N) is 2. The van der Waals surface area contributed by atoms with Gasteiger partial charge in [0.25, 0.3) is 0 Å². The largest absolute Gasteiger partial charge is 0.330 e. The van der Waals surface area contributed by atoms with Crippen molar-refractivity contribution in [3.05, 3.63) is 0 Å². The van der Waals surface area contributed by atoms with Gasteiger partial charge in [0.1, 0.15) is 0 Å². The van der Waals surface area contributed by atoms with Crippen molar-refractivity contribution in [3.63, 3.8) is 0 Å². The predicted molar refractivity (Wildman–Crippen MR) is 174 cm³/mol. The number of rotatable bonds is 33. The van der Waals surface area contributed by atoms with Crippen LogP contribution < -0.4 is 5.73 Å². The molecule has 0 heterocycles. The molecular weight excluding hydrogens is 462 g/mol. The number of hydrogen-bond donors (Lipinski definition) is 1. The fourth-order valence-electron chi connectivity index (χ4n) is 5.68. The average molecular weight is 538 g/mol. The maximum absolute atomic E-state index is 5.85. The fraction of sp³-hybridized carbons (Fsp3) is 1.00. The highest BCUT2D eigenvalue weighted by Crippen LogP contribution is 2.13. The Morgan fingerprint density at radius 3 is 0.842 bits per heavy atom. The Kier molecular flexibility index (Phi) is 33.0. The highest BCUT2D eigenvalue weighted by atomic mass is 15.1. The molecule has 0 aliphatic carbocycles. The Balaban J connectivity index is 3.94. The van der Waals surface area contributed by atoms with Crippen LogP contribution in [0.15, 0.2) is 0 Å². The third-order valence-electron chi connectivity index (χ3n) is 8.36. The van der Waals surface area contributed by atoms with Crippen LogP contribution in [0.1, 0.15) is 181 Å². The monoisotopic (exact) mass is 538 g/mol. The van der Waals surface area contributed by atoms with E-state index in [-0.39, 0.29) is 0 Å². The van der Waals surface area contributed by atoms with Crippen molar-refractivity contribution in [1.82, 2.24) is 9.80 Å². The number of unbranched alkanes of at least 4 members (excludes halogenated alkanes) is 20. The first-order valence-electron chi connectivity index (χ1n) is 17.9. The van der Waals surface area contributed by atoms with E-state index in [0.717, 1.165) is 13.0 Å². The molecule has 0 spiro atoms. The molecule has 3 heteroatoms. The van der Waals surface area contributed by atoms with Crippen LogP contribution in [0, 0.1) is 0 Å². The molecule has 0 atom stereocenters. The summed E-state index contributed by atoms with van der Waals surface area (Å²) in [5.41, 5.74) is 5.85. The van der Waals surface area contributed by atoms with Gasteiger partial charge in [-0.25, -0.2) is 0 Å². The van der Waals surface area contributed by atoms with Crippen LogP contribution in [0.5, 0.6) is 0 Å². The molecule has 0 rings (SSSR count). The molecule has 0 aliphatic rings. The summed E-state index contributed by atoms with van der Waals surface area (Å²) in [5, 5.41) is 0. The van der Waals surface area contributed by atoms with Crippen LogP contribution >= 0.6 is 0 Å². The standard InChI is InChI=1S/C35H75N3/c1-4-7-10-12-14-16-18-20-22-24-31-37(30-9-6-3)33-26-27-34-38(35-28-29-36)32-25-23-21-19-17-15-13-11-8-5-2/h4-36H2,1-3H3. The molecule has 0 aromatic heterocycles. The summed E-state index contributed by atoms with van der Waals surface area (Å²) in [6, 6.07) is 0. The molecule has 2 N–H and O–H groups in total. The Hall–Kier alpha value is -0.120. The molecule has 38 heavy (non-hydrogen) atoms. The third-order valence-corrected chi connectivity index (χ3v) is 8.36. The van der Waals surface area contributed by atoms with Gasteiger partial charge in [-0.15, -0.1) is 0 Å². The van der Waals surface area contributed by atoms with E-state index in [9.17, 15) is 0 Å². The van der Waals surface area contributed by atoms with E-state index >= 15 is 0 Å². The molecule has 0 saturated carbocycles. The molecule has 0 aromatic carbocycles. The third kappa shape index (κ3) is 28.9. The maximum atomic E-state index is 5.85. The smallest absolute Gasteiger partial charge is 0.000672 e. The topological polar surface area (TPSA) is 32.5 Å². The van der Waals surface area contributed by atoms with Crippen molar-refractivity contribution < 1.29 is 0 Å². The first-order chi connectivity index (χ1) is 18.8. The van der Waals surface area contributed by atoms with Gasteiger partial charge in [-0.05, 0) is 84.3 Å². The minimum Gasteiger partial charge on any atom is -0.330 e. The molecule has 3 nitrogen and oxygen atoms in total. The van der Waals surface area contributed by atoms with Crippen molar-refractivity contribution in [2.24, 2.45) is 5.73 Å². The van der Waals surface area contributed by atoms with Crippen molar-refractivity contribution in [3.8, 4) is 0 Å². The molecule has 0 amide bonds. The van der Waals surface area contributed by atoms with Gasteiger partial charge < -0.3 is 15.5 Å². The highest BCUT2D eigenvalue weighted by molar-refractivity contribution is 4.63. The Labute approximate surface area is 242 Å². The molecule has 230 valence electrons. The second-order valence-electron chi connectivity index (χ2n) is 12.3. The lowest BCUT2D eigenvalue weighted by Gasteiger charge is -2.25. The number of nitrogens with two attached hydrogens (primary N) is 1. The zero-order chi connectivity index (χ0) is 27.8. The van der Waals surface area contributed by atoms with E-state index in [1.807, 2.05) is 0 Å². The molecule has 0 aromatic rings. The van der Waals surface area contributed by atoms with Crippen LogP contribution in [0.2, 0.25) is 0 Å². The molecule has 0 saturated heterocycles. The minimum absolute atomic E-state index is 0.832. The summed E-state index contributed by atoms with van der Waals surface area (Å²) < 4.78 is 0. The van der Waals surface area contributed by atoms with Gasteiger partial charge in [0.15, 0.2) is 0 Å². The van der Waals surface area contributed by atoms with E-state index < -0.39 is 0 Å². The van der Waals surface area contributed by atoms with Gasteiger partial charge in [0.05, 0.1) is 0 Å². The molecular formula is C35H75N3. The second-order valence-corrected chi connectivity index (χ2v) is 12.3. The summed E-state index contributed by atoms with van der Waals surface area (Å²) in [5.74, 6) is 0. The normalized spacial score (nSPS) is 11.8. The van der Waals surface area contributed by atoms with Crippen molar-refractivity contribution in [1.29, 1.82) is 0 Å². The first-order valence-corrected chi connectivity index (χ1v) is 17.9. The zero-order valence-corrected chi connectivity index (χ0v) is 27.1. The Morgan fingerprint density at radius 1 is 0.289 bits per heavy atom.